The lowest BCUT2D eigenvalue weighted by Gasteiger charge is -2.05. The molecule has 0 radical (unpaired) electrons. The summed E-state index contributed by atoms with van der Waals surface area (Å²) < 4.78 is 2.75. The summed E-state index contributed by atoms with van der Waals surface area (Å²) in [5, 5.41) is 1.62. The molecule has 0 aliphatic rings. The highest BCUT2D eigenvalue weighted by Crippen LogP contribution is 2.32. The van der Waals surface area contributed by atoms with E-state index in [2.05, 4.69) is 0 Å². The quantitative estimate of drug-likeness (QED) is 0.571. The van der Waals surface area contributed by atoms with E-state index in [0.29, 0.717) is 19.3 Å². The number of aromatic nitrogens is 1. The van der Waals surface area contributed by atoms with Crippen molar-refractivity contribution in [2.24, 2.45) is 0 Å². The first-order valence-corrected chi connectivity index (χ1v) is 7.72. The van der Waals surface area contributed by atoms with E-state index in [9.17, 15) is 4.79 Å². The molecule has 0 saturated heterocycles. The van der Waals surface area contributed by atoms with Crippen LogP contribution in [0.4, 0.5) is 0 Å². The van der Waals surface area contributed by atoms with E-state index in [-0.39, 0.29) is 12.3 Å². The van der Waals surface area contributed by atoms with Gasteiger partial charge in [0, 0.05) is 11.6 Å². The second-order valence-electron chi connectivity index (χ2n) is 4.28. The van der Waals surface area contributed by atoms with Gasteiger partial charge >= 0.3 is 0 Å². The van der Waals surface area contributed by atoms with E-state index in [0.717, 1.165) is 10.9 Å². The van der Waals surface area contributed by atoms with Gasteiger partial charge in [0.1, 0.15) is 4.34 Å². The number of Topliss-reactive ketones (excluding diaryl/α,β-unsaturated/α-hetero) is 1. The van der Waals surface area contributed by atoms with Gasteiger partial charge < -0.3 is 4.57 Å². The number of halogens is 3. The smallest absolute Gasteiger partial charge is 0.184 e. The van der Waals surface area contributed by atoms with E-state index in [4.69, 9.17) is 34.8 Å². The van der Waals surface area contributed by atoms with Crippen LogP contribution in [0.1, 0.15) is 10.4 Å². The van der Waals surface area contributed by atoms with Crippen LogP contribution >= 0.6 is 46.1 Å². The van der Waals surface area contributed by atoms with Gasteiger partial charge in [0.15, 0.2) is 5.78 Å². The minimum atomic E-state index is -0.0874. The molecule has 1 aromatic carbocycles. The number of hydrogen-bond acceptors (Lipinski definition) is 2. The zero-order valence-electron chi connectivity index (χ0n) is 10.1. The lowest BCUT2D eigenvalue weighted by molar-refractivity contribution is 0.0974. The molecule has 0 N–H and O–H groups in total. The highest BCUT2D eigenvalue weighted by atomic mass is 35.5. The number of para-hydroxylation sites is 1. The Morgan fingerprint density at radius 3 is 2.70 bits per heavy atom. The Balaban J connectivity index is 1.97. The van der Waals surface area contributed by atoms with Crippen molar-refractivity contribution in [3.63, 3.8) is 0 Å². The molecule has 3 aromatic rings. The van der Waals surface area contributed by atoms with Crippen LogP contribution < -0.4 is 0 Å². The summed E-state index contributed by atoms with van der Waals surface area (Å²) in [5.41, 5.74) is 1.30. The van der Waals surface area contributed by atoms with Gasteiger partial charge in [-0.25, -0.2) is 0 Å². The first-order valence-electron chi connectivity index (χ1n) is 5.77. The Bertz CT molecular complexity index is 806. The maximum absolute atomic E-state index is 12.3. The van der Waals surface area contributed by atoms with Crippen LogP contribution in [0, 0.1) is 0 Å². The average Bonchev–Trinajstić information content (AvgIpc) is 2.94. The van der Waals surface area contributed by atoms with E-state index in [1.807, 2.05) is 29.0 Å². The lowest BCUT2D eigenvalue weighted by atomic mass is 10.2. The van der Waals surface area contributed by atoms with Gasteiger partial charge in [-0.05, 0) is 18.2 Å². The summed E-state index contributed by atoms with van der Waals surface area (Å²) >= 11 is 19.3. The second kappa shape index (κ2) is 5.41. The Morgan fingerprint density at radius 2 is 2.00 bits per heavy atom. The molecule has 0 spiro atoms. The molecule has 2 nitrogen and oxygen atoms in total. The van der Waals surface area contributed by atoms with Crippen LogP contribution in [0.5, 0.6) is 0 Å². The molecule has 20 heavy (non-hydrogen) atoms. The van der Waals surface area contributed by atoms with Crippen LogP contribution in [0.2, 0.25) is 13.7 Å². The first-order chi connectivity index (χ1) is 9.56. The van der Waals surface area contributed by atoms with Gasteiger partial charge in [-0.2, -0.15) is 0 Å². The summed E-state index contributed by atoms with van der Waals surface area (Å²) in [5.74, 6) is -0.0874. The molecule has 3 rings (SSSR count). The Labute approximate surface area is 134 Å². The molecule has 0 fully saturated rings. The summed E-state index contributed by atoms with van der Waals surface area (Å²) in [7, 11) is 0. The third kappa shape index (κ3) is 2.47. The summed E-state index contributed by atoms with van der Waals surface area (Å²) in [6, 6.07) is 9.17. The molecule has 102 valence electrons. The van der Waals surface area contributed by atoms with Crippen molar-refractivity contribution in [3.8, 4) is 0 Å². The van der Waals surface area contributed by atoms with Crippen LogP contribution in [0.3, 0.4) is 0 Å². The normalized spacial score (nSPS) is 11.2. The third-order valence-corrected chi connectivity index (χ3v) is 4.80. The monoisotopic (exact) mass is 343 g/mol. The van der Waals surface area contributed by atoms with E-state index >= 15 is 0 Å². The van der Waals surface area contributed by atoms with Gasteiger partial charge in [-0.1, -0.05) is 46.9 Å². The van der Waals surface area contributed by atoms with Crippen LogP contribution in [0.25, 0.3) is 10.9 Å². The topological polar surface area (TPSA) is 22.0 Å². The van der Waals surface area contributed by atoms with Gasteiger partial charge in [-0.15, -0.1) is 11.3 Å². The fourth-order valence-electron chi connectivity index (χ4n) is 2.12. The van der Waals surface area contributed by atoms with Crippen molar-refractivity contribution in [2.45, 2.75) is 6.54 Å². The van der Waals surface area contributed by atoms with Gasteiger partial charge in [0.25, 0.3) is 0 Å². The van der Waals surface area contributed by atoms with E-state index in [1.54, 1.807) is 12.1 Å². The lowest BCUT2D eigenvalue weighted by Crippen LogP contribution is -2.09. The number of benzene rings is 1. The Kier molecular flexibility index (Phi) is 3.78. The highest BCUT2D eigenvalue weighted by Gasteiger charge is 2.16. The van der Waals surface area contributed by atoms with Crippen molar-refractivity contribution in [1.82, 2.24) is 4.57 Å². The molecule has 6 heteroatoms. The third-order valence-electron chi connectivity index (χ3n) is 3.01. The predicted molar refractivity (Wildman–Crippen MR) is 85.6 cm³/mol. The highest BCUT2D eigenvalue weighted by molar-refractivity contribution is 7.20. The Hall–Kier alpha value is -1.000. The average molecular weight is 345 g/mol. The molecule has 0 amide bonds. The van der Waals surface area contributed by atoms with Crippen LogP contribution in [0.15, 0.2) is 36.5 Å². The Morgan fingerprint density at radius 1 is 1.20 bits per heavy atom. The standard InChI is InChI=1S/C14H8Cl3NOS/c15-10-3-1-2-8-4-5-18(13(8)10)7-11(19)9-6-12(16)20-14(9)17/h1-6H,7H2. The molecular formula is C14H8Cl3NOS. The SMILES string of the molecule is O=C(Cn1ccc2cccc(Cl)c21)c1cc(Cl)sc1Cl. The molecule has 0 bridgehead atoms. The fourth-order valence-corrected chi connectivity index (χ4v) is 3.91. The van der Waals surface area contributed by atoms with Crippen molar-refractivity contribution >= 4 is 62.8 Å². The van der Waals surface area contributed by atoms with Gasteiger partial charge in [0.05, 0.1) is 27.0 Å². The second-order valence-corrected chi connectivity index (χ2v) is 6.98. The molecule has 0 aliphatic heterocycles. The summed E-state index contributed by atoms with van der Waals surface area (Å²) in [4.78, 5) is 12.3. The summed E-state index contributed by atoms with van der Waals surface area (Å²) in [6.07, 6.45) is 1.84. The number of carbonyl (C=O) groups is 1. The molecule has 2 aromatic heterocycles. The number of thiophene rings is 1. The zero-order chi connectivity index (χ0) is 14.3. The number of fused-ring (bicyclic) bond motifs is 1. The minimum Gasteiger partial charge on any atom is -0.338 e. The van der Waals surface area contributed by atoms with E-state index < -0.39 is 0 Å². The first kappa shape index (κ1) is 14.0. The molecule has 2 heterocycles. The van der Waals surface area contributed by atoms with Crippen molar-refractivity contribution < 1.29 is 4.79 Å². The van der Waals surface area contributed by atoms with Crippen LogP contribution in [-0.4, -0.2) is 10.4 Å². The summed E-state index contributed by atoms with van der Waals surface area (Å²) in [6.45, 7) is 0.181. The van der Waals surface area contributed by atoms with Crippen LogP contribution in [-0.2, 0) is 6.54 Å². The van der Waals surface area contributed by atoms with Crippen molar-refractivity contribution in [2.75, 3.05) is 0 Å². The number of ketones is 1. The maximum atomic E-state index is 12.3. The number of nitrogens with zero attached hydrogens (tertiary/aromatic N) is 1. The van der Waals surface area contributed by atoms with Crippen molar-refractivity contribution in [1.29, 1.82) is 0 Å². The number of hydrogen-bond donors (Lipinski definition) is 0. The van der Waals surface area contributed by atoms with Gasteiger partial charge in [-0.3, -0.25) is 4.79 Å². The predicted octanol–water partition coefficient (Wildman–Crippen LogP) is 5.55. The largest absolute Gasteiger partial charge is 0.338 e. The zero-order valence-corrected chi connectivity index (χ0v) is 13.2. The molecular weight excluding hydrogens is 337 g/mol. The van der Waals surface area contributed by atoms with E-state index in [1.165, 1.54) is 11.3 Å². The maximum Gasteiger partial charge on any atom is 0.184 e. The molecule has 0 unspecified atom stereocenters. The van der Waals surface area contributed by atoms with Gasteiger partial charge in [0.2, 0.25) is 0 Å². The number of rotatable bonds is 3. The molecule has 0 saturated carbocycles. The minimum absolute atomic E-state index is 0.0874. The van der Waals surface area contributed by atoms with Crippen molar-refractivity contribution in [3.05, 3.63) is 55.8 Å². The fraction of sp³-hybridized carbons (Fsp3) is 0.0714. The molecule has 0 atom stereocenters. The molecule has 0 aliphatic carbocycles. The number of carbonyl (C=O) groups excluding carboxylic acids is 1.